The first-order valence-electron chi connectivity index (χ1n) is 6.88. The Kier molecular flexibility index (Phi) is 4.22. The predicted octanol–water partition coefficient (Wildman–Crippen LogP) is 3.64. The molecular formula is C17H19FO3. The van der Waals surface area contributed by atoms with Crippen molar-refractivity contribution in [2.75, 3.05) is 0 Å². The molecule has 0 aromatic carbocycles. The predicted molar refractivity (Wildman–Crippen MR) is 76.7 cm³/mol. The standard InChI is InChI=1S/C17H19FO3/c1-5-6-12-7-8-13(21-12)10-20-16(19)15-14(9-11(2)18)17(15,3)4/h1,7-9,14-15H,6,10H2,2-4H3/b11-9-/t14-,15+/m1/s1. The van der Waals surface area contributed by atoms with Crippen LogP contribution in [0.25, 0.3) is 0 Å². The molecule has 0 spiro atoms. The van der Waals surface area contributed by atoms with Crippen molar-refractivity contribution in [1.82, 2.24) is 0 Å². The van der Waals surface area contributed by atoms with Gasteiger partial charge >= 0.3 is 5.97 Å². The second-order valence-electron chi connectivity index (χ2n) is 5.93. The highest BCUT2D eigenvalue weighted by Gasteiger charge is 2.61. The van der Waals surface area contributed by atoms with E-state index in [4.69, 9.17) is 15.6 Å². The summed E-state index contributed by atoms with van der Waals surface area (Å²) in [4.78, 5) is 12.1. The Bertz CT molecular complexity index is 600. The van der Waals surface area contributed by atoms with E-state index < -0.39 is 0 Å². The summed E-state index contributed by atoms with van der Waals surface area (Å²) in [7, 11) is 0. The Labute approximate surface area is 124 Å². The fourth-order valence-corrected chi connectivity index (χ4v) is 2.61. The van der Waals surface area contributed by atoms with Gasteiger partial charge in [-0.05, 0) is 36.5 Å². The van der Waals surface area contributed by atoms with Crippen LogP contribution >= 0.6 is 0 Å². The zero-order chi connectivity index (χ0) is 15.6. The van der Waals surface area contributed by atoms with E-state index in [9.17, 15) is 9.18 Å². The monoisotopic (exact) mass is 290 g/mol. The highest BCUT2D eigenvalue weighted by atomic mass is 19.1. The molecule has 2 rings (SSSR count). The number of furan rings is 1. The molecule has 0 radical (unpaired) electrons. The molecular weight excluding hydrogens is 271 g/mol. The van der Waals surface area contributed by atoms with Crippen molar-refractivity contribution >= 4 is 5.97 Å². The fraction of sp³-hybridized carbons (Fsp3) is 0.471. The van der Waals surface area contributed by atoms with Gasteiger partial charge in [0.15, 0.2) is 0 Å². The van der Waals surface area contributed by atoms with Crippen molar-refractivity contribution in [2.24, 2.45) is 17.3 Å². The average Bonchev–Trinajstić information content (AvgIpc) is 2.75. The summed E-state index contributed by atoms with van der Waals surface area (Å²) in [5, 5.41) is 0. The summed E-state index contributed by atoms with van der Waals surface area (Å²) < 4.78 is 23.7. The summed E-state index contributed by atoms with van der Waals surface area (Å²) in [5.41, 5.74) is -0.262. The van der Waals surface area contributed by atoms with E-state index in [1.165, 1.54) is 13.0 Å². The maximum atomic E-state index is 13.0. The number of esters is 1. The van der Waals surface area contributed by atoms with Crippen molar-refractivity contribution in [3.63, 3.8) is 0 Å². The topological polar surface area (TPSA) is 39.4 Å². The maximum absolute atomic E-state index is 13.0. The van der Waals surface area contributed by atoms with Crippen LogP contribution < -0.4 is 0 Å². The molecule has 1 saturated carbocycles. The van der Waals surface area contributed by atoms with Crippen molar-refractivity contribution in [1.29, 1.82) is 0 Å². The van der Waals surface area contributed by atoms with Crippen LogP contribution in [-0.2, 0) is 22.6 Å². The van der Waals surface area contributed by atoms with Gasteiger partial charge in [-0.1, -0.05) is 19.8 Å². The lowest BCUT2D eigenvalue weighted by Gasteiger charge is -2.03. The molecule has 21 heavy (non-hydrogen) atoms. The number of terminal acetylenes is 1. The first kappa shape index (κ1) is 15.4. The van der Waals surface area contributed by atoms with E-state index in [-0.39, 0.29) is 35.7 Å². The van der Waals surface area contributed by atoms with Gasteiger partial charge in [-0.25, -0.2) is 4.39 Å². The van der Waals surface area contributed by atoms with E-state index in [2.05, 4.69) is 5.92 Å². The molecule has 112 valence electrons. The lowest BCUT2D eigenvalue weighted by molar-refractivity contribution is -0.148. The number of hydrogen-bond donors (Lipinski definition) is 0. The average molecular weight is 290 g/mol. The molecule has 0 bridgehead atoms. The third-order valence-electron chi connectivity index (χ3n) is 3.92. The number of hydrogen-bond acceptors (Lipinski definition) is 3. The van der Waals surface area contributed by atoms with Crippen LogP contribution in [0, 0.1) is 29.6 Å². The zero-order valence-electron chi connectivity index (χ0n) is 12.5. The smallest absolute Gasteiger partial charge is 0.310 e. The van der Waals surface area contributed by atoms with Crippen LogP contribution in [0.5, 0.6) is 0 Å². The molecule has 0 aliphatic heterocycles. The van der Waals surface area contributed by atoms with Crippen LogP contribution in [0.3, 0.4) is 0 Å². The first-order valence-corrected chi connectivity index (χ1v) is 6.88. The third-order valence-corrected chi connectivity index (χ3v) is 3.92. The minimum atomic E-state index is -0.322. The molecule has 4 heteroatoms. The Morgan fingerprint density at radius 3 is 2.81 bits per heavy atom. The van der Waals surface area contributed by atoms with Crippen LogP contribution in [0.2, 0.25) is 0 Å². The molecule has 1 aromatic heterocycles. The Hall–Kier alpha value is -2.02. The van der Waals surface area contributed by atoms with E-state index in [0.29, 0.717) is 17.9 Å². The fourth-order valence-electron chi connectivity index (χ4n) is 2.61. The van der Waals surface area contributed by atoms with Gasteiger partial charge in [0.25, 0.3) is 0 Å². The van der Waals surface area contributed by atoms with E-state index in [0.717, 1.165) is 0 Å². The van der Waals surface area contributed by atoms with E-state index in [1.807, 2.05) is 13.8 Å². The third kappa shape index (κ3) is 3.36. The number of halogens is 1. The number of rotatable bonds is 5. The van der Waals surface area contributed by atoms with Gasteiger partial charge in [0, 0.05) is 0 Å². The summed E-state index contributed by atoms with van der Waals surface area (Å²) in [6.07, 6.45) is 7.09. The molecule has 1 aliphatic carbocycles. The lowest BCUT2D eigenvalue weighted by Crippen LogP contribution is -2.10. The number of carbonyl (C=O) groups excluding carboxylic acids is 1. The SMILES string of the molecule is C#CCc1ccc(COC(=O)[C@@H]2[C@@H](/C=C(/C)F)C2(C)C)o1. The van der Waals surface area contributed by atoms with Crippen LogP contribution in [0.1, 0.15) is 32.3 Å². The Balaban J connectivity index is 1.91. The number of allylic oxidation sites excluding steroid dienone is 2. The summed E-state index contributed by atoms with van der Waals surface area (Å²) in [6.45, 7) is 5.32. The molecule has 2 atom stereocenters. The molecule has 0 unspecified atom stereocenters. The van der Waals surface area contributed by atoms with Gasteiger partial charge in [-0.15, -0.1) is 6.42 Å². The zero-order valence-corrected chi connectivity index (χ0v) is 12.5. The largest absolute Gasteiger partial charge is 0.461 e. The van der Waals surface area contributed by atoms with Gasteiger partial charge in [0.1, 0.15) is 18.1 Å². The van der Waals surface area contributed by atoms with Crippen molar-refractivity contribution < 1.29 is 18.3 Å². The summed E-state index contributed by atoms with van der Waals surface area (Å²) >= 11 is 0. The molecule has 3 nitrogen and oxygen atoms in total. The second-order valence-corrected chi connectivity index (χ2v) is 5.93. The minimum absolute atomic E-state index is 0.0705. The van der Waals surface area contributed by atoms with Crippen molar-refractivity contribution in [2.45, 2.75) is 33.8 Å². The Morgan fingerprint density at radius 2 is 2.19 bits per heavy atom. The van der Waals surface area contributed by atoms with Crippen LogP contribution in [0.15, 0.2) is 28.5 Å². The molecule has 1 aromatic rings. The summed E-state index contributed by atoms with van der Waals surface area (Å²) in [5.74, 6) is 2.71. The quantitative estimate of drug-likeness (QED) is 0.614. The lowest BCUT2D eigenvalue weighted by atomic mass is 10.1. The number of ether oxygens (including phenoxy) is 1. The van der Waals surface area contributed by atoms with Gasteiger partial charge < -0.3 is 9.15 Å². The van der Waals surface area contributed by atoms with Crippen LogP contribution in [-0.4, -0.2) is 5.97 Å². The molecule has 1 aliphatic rings. The molecule has 0 N–H and O–H groups in total. The maximum Gasteiger partial charge on any atom is 0.310 e. The van der Waals surface area contributed by atoms with Crippen molar-refractivity contribution in [3.05, 3.63) is 35.6 Å². The van der Waals surface area contributed by atoms with Gasteiger partial charge in [-0.2, -0.15) is 0 Å². The van der Waals surface area contributed by atoms with E-state index >= 15 is 0 Å². The normalized spacial score (nSPS) is 23.5. The highest BCUT2D eigenvalue weighted by Crippen LogP contribution is 2.59. The summed E-state index contributed by atoms with van der Waals surface area (Å²) in [6, 6.07) is 3.50. The van der Waals surface area contributed by atoms with Gasteiger partial charge in [0.2, 0.25) is 0 Å². The molecule has 0 amide bonds. The second kappa shape index (κ2) is 5.77. The van der Waals surface area contributed by atoms with Crippen molar-refractivity contribution in [3.8, 4) is 12.3 Å². The molecule has 1 fully saturated rings. The minimum Gasteiger partial charge on any atom is -0.461 e. The Morgan fingerprint density at radius 1 is 1.52 bits per heavy atom. The highest BCUT2D eigenvalue weighted by molar-refractivity contribution is 5.78. The molecule has 0 saturated heterocycles. The van der Waals surface area contributed by atoms with Gasteiger partial charge in [-0.3, -0.25) is 4.79 Å². The van der Waals surface area contributed by atoms with E-state index in [1.54, 1.807) is 12.1 Å². The number of carbonyl (C=O) groups is 1. The first-order chi connectivity index (χ1) is 9.86. The van der Waals surface area contributed by atoms with Gasteiger partial charge in [0.05, 0.1) is 18.2 Å². The van der Waals surface area contributed by atoms with Crippen LogP contribution in [0.4, 0.5) is 4.39 Å². The molecule has 1 heterocycles.